The lowest BCUT2D eigenvalue weighted by Crippen LogP contribution is -1.82. The van der Waals surface area contributed by atoms with Crippen LogP contribution < -0.4 is 5.32 Å². The molecule has 1 aromatic rings. The molecular formula is C11H13N. The average molecular weight is 159 g/mol. The van der Waals surface area contributed by atoms with Crippen LogP contribution >= 0.6 is 0 Å². The largest absolute Gasteiger partial charge is 0.300 e. The van der Waals surface area contributed by atoms with Gasteiger partial charge < -0.3 is 5.32 Å². The molecule has 1 fully saturated rings. The molecule has 0 bridgehead atoms. The van der Waals surface area contributed by atoms with Crippen LogP contribution in [-0.4, -0.2) is 6.04 Å². The van der Waals surface area contributed by atoms with Gasteiger partial charge >= 0.3 is 0 Å². The van der Waals surface area contributed by atoms with Crippen molar-refractivity contribution in [2.24, 2.45) is 0 Å². The van der Waals surface area contributed by atoms with Crippen LogP contribution in [0.5, 0.6) is 0 Å². The van der Waals surface area contributed by atoms with Crippen molar-refractivity contribution in [3.8, 4) is 0 Å². The van der Waals surface area contributed by atoms with E-state index in [1.807, 2.05) is 0 Å². The van der Waals surface area contributed by atoms with Crippen molar-refractivity contribution < 1.29 is 0 Å². The van der Waals surface area contributed by atoms with Gasteiger partial charge in [0.25, 0.3) is 0 Å². The van der Waals surface area contributed by atoms with Crippen LogP contribution in [0.2, 0.25) is 0 Å². The van der Waals surface area contributed by atoms with Crippen LogP contribution in [0.15, 0.2) is 42.5 Å². The molecule has 0 aromatic heterocycles. The van der Waals surface area contributed by atoms with Crippen molar-refractivity contribution in [3.63, 3.8) is 0 Å². The fourth-order valence-electron chi connectivity index (χ4n) is 1.49. The minimum atomic E-state index is 0.558. The Hall–Kier alpha value is -1.08. The fraction of sp³-hybridized carbons (Fsp3) is 0.273. The first-order valence-electron chi connectivity index (χ1n) is 4.35. The summed E-state index contributed by atoms with van der Waals surface area (Å²) < 4.78 is 0. The highest BCUT2D eigenvalue weighted by Gasteiger charge is 2.34. The summed E-state index contributed by atoms with van der Waals surface area (Å²) in [6.45, 7) is 2.06. The Morgan fingerprint density at radius 1 is 1.25 bits per heavy atom. The predicted molar refractivity (Wildman–Crippen MR) is 50.9 cm³/mol. The molecule has 1 aromatic carbocycles. The van der Waals surface area contributed by atoms with E-state index >= 15 is 0 Å². The molecular weight excluding hydrogens is 146 g/mol. The highest BCUT2D eigenvalue weighted by Crippen LogP contribution is 2.29. The monoisotopic (exact) mass is 159 g/mol. The first-order valence-corrected chi connectivity index (χ1v) is 4.35. The molecule has 1 aliphatic rings. The molecule has 0 saturated carbocycles. The molecule has 0 spiro atoms. The van der Waals surface area contributed by atoms with Gasteiger partial charge in [-0.2, -0.15) is 0 Å². The molecule has 1 nitrogen and oxygen atoms in total. The van der Waals surface area contributed by atoms with Crippen LogP contribution in [0.4, 0.5) is 0 Å². The maximum absolute atomic E-state index is 3.40. The van der Waals surface area contributed by atoms with E-state index in [9.17, 15) is 0 Å². The van der Waals surface area contributed by atoms with Gasteiger partial charge in [-0.1, -0.05) is 42.5 Å². The second-order valence-electron chi connectivity index (χ2n) is 3.11. The normalized spacial score (nSPS) is 27.8. The zero-order chi connectivity index (χ0) is 8.39. The van der Waals surface area contributed by atoms with Crippen molar-refractivity contribution in [1.29, 1.82) is 0 Å². The second kappa shape index (κ2) is 3.11. The number of benzene rings is 1. The van der Waals surface area contributed by atoms with Crippen molar-refractivity contribution >= 4 is 0 Å². The standard InChI is InChI=1S/C11H13N/c1-2-6-10-11(12-10)9-7-4-3-5-8-9/h2-8,10-12H,1H3/b6-2+/t10-,11+/m1/s1. The Balaban J connectivity index is 2.06. The summed E-state index contributed by atoms with van der Waals surface area (Å²) in [4.78, 5) is 0. The third-order valence-electron chi connectivity index (χ3n) is 2.18. The Morgan fingerprint density at radius 3 is 2.67 bits per heavy atom. The van der Waals surface area contributed by atoms with Crippen LogP contribution in [0, 0.1) is 0 Å². The summed E-state index contributed by atoms with van der Waals surface area (Å²) >= 11 is 0. The van der Waals surface area contributed by atoms with Crippen LogP contribution in [-0.2, 0) is 0 Å². The van der Waals surface area contributed by atoms with E-state index in [2.05, 4.69) is 54.7 Å². The summed E-state index contributed by atoms with van der Waals surface area (Å²) in [6, 6.07) is 11.7. The molecule has 0 radical (unpaired) electrons. The Kier molecular flexibility index (Phi) is 1.96. The first-order chi connectivity index (χ1) is 5.92. The van der Waals surface area contributed by atoms with Crippen molar-refractivity contribution in [3.05, 3.63) is 48.0 Å². The summed E-state index contributed by atoms with van der Waals surface area (Å²) in [7, 11) is 0. The molecule has 1 aliphatic heterocycles. The Labute approximate surface area is 73.1 Å². The molecule has 2 rings (SSSR count). The molecule has 0 aliphatic carbocycles. The molecule has 1 heterocycles. The van der Waals surface area contributed by atoms with E-state index in [0.29, 0.717) is 12.1 Å². The highest BCUT2D eigenvalue weighted by atomic mass is 15.1. The third kappa shape index (κ3) is 1.41. The fourth-order valence-corrected chi connectivity index (χ4v) is 1.49. The van der Waals surface area contributed by atoms with Crippen molar-refractivity contribution in [2.45, 2.75) is 19.0 Å². The first kappa shape index (κ1) is 7.56. The molecule has 1 heteroatoms. The zero-order valence-corrected chi connectivity index (χ0v) is 7.20. The van der Waals surface area contributed by atoms with Gasteiger partial charge in [0.15, 0.2) is 0 Å². The molecule has 12 heavy (non-hydrogen) atoms. The molecule has 62 valence electrons. The lowest BCUT2D eigenvalue weighted by molar-refractivity contribution is 1.07. The maximum atomic E-state index is 3.40. The summed E-state index contributed by atoms with van der Waals surface area (Å²) in [5.41, 5.74) is 1.39. The van der Waals surface area contributed by atoms with Crippen LogP contribution in [0.1, 0.15) is 18.5 Å². The van der Waals surface area contributed by atoms with E-state index in [4.69, 9.17) is 0 Å². The van der Waals surface area contributed by atoms with E-state index in [-0.39, 0.29) is 0 Å². The minimum Gasteiger partial charge on any atom is -0.300 e. The number of nitrogens with one attached hydrogen (secondary N) is 1. The SMILES string of the molecule is C/C=C/[C@H]1N[C@H]1c1ccccc1. The predicted octanol–water partition coefficient (Wildman–Crippen LogP) is 2.28. The topological polar surface area (TPSA) is 21.9 Å². The Bertz CT molecular complexity index is 276. The Morgan fingerprint density at radius 2 is 2.00 bits per heavy atom. The van der Waals surface area contributed by atoms with Gasteiger partial charge in [-0.15, -0.1) is 0 Å². The number of hydrogen-bond donors (Lipinski definition) is 1. The van der Waals surface area contributed by atoms with Gasteiger partial charge in [0, 0.05) is 6.04 Å². The number of rotatable bonds is 2. The maximum Gasteiger partial charge on any atom is 0.0517 e. The second-order valence-corrected chi connectivity index (χ2v) is 3.11. The van der Waals surface area contributed by atoms with Gasteiger partial charge in [0.2, 0.25) is 0 Å². The van der Waals surface area contributed by atoms with Crippen molar-refractivity contribution in [1.82, 2.24) is 5.32 Å². The average Bonchev–Trinajstić information content (AvgIpc) is 2.87. The van der Waals surface area contributed by atoms with Gasteiger partial charge in [0.05, 0.1) is 6.04 Å². The van der Waals surface area contributed by atoms with E-state index in [1.165, 1.54) is 5.56 Å². The summed E-state index contributed by atoms with van der Waals surface area (Å²) in [6.07, 6.45) is 4.30. The van der Waals surface area contributed by atoms with E-state index in [0.717, 1.165) is 0 Å². The van der Waals surface area contributed by atoms with Gasteiger partial charge in [-0.3, -0.25) is 0 Å². The van der Waals surface area contributed by atoms with Crippen LogP contribution in [0.3, 0.4) is 0 Å². The molecule has 0 amide bonds. The van der Waals surface area contributed by atoms with Crippen molar-refractivity contribution in [2.75, 3.05) is 0 Å². The number of hydrogen-bond acceptors (Lipinski definition) is 1. The van der Waals surface area contributed by atoms with Gasteiger partial charge in [-0.25, -0.2) is 0 Å². The molecule has 2 atom stereocenters. The zero-order valence-electron chi connectivity index (χ0n) is 7.20. The summed E-state index contributed by atoms with van der Waals surface area (Å²) in [5, 5.41) is 3.40. The van der Waals surface area contributed by atoms with Crippen LogP contribution in [0.25, 0.3) is 0 Å². The molecule has 1 saturated heterocycles. The quantitative estimate of drug-likeness (QED) is 0.519. The number of allylic oxidation sites excluding steroid dienone is 1. The highest BCUT2D eigenvalue weighted by molar-refractivity contribution is 5.29. The summed E-state index contributed by atoms with van der Waals surface area (Å²) in [5.74, 6) is 0. The minimum absolute atomic E-state index is 0.558. The van der Waals surface area contributed by atoms with Gasteiger partial charge in [0.1, 0.15) is 0 Å². The lowest BCUT2D eigenvalue weighted by atomic mass is 10.1. The van der Waals surface area contributed by atoms with E-state index in [1.54, 1.807) is 0 Å². The smallest absolute Gasteiger partial charge is 0.0517 e. The van der Waals surface area contributed by atoms with E-state index < -0.39 is 0 Å². The lowest BCUT2D eigenvalue weighted by Gasteiger charge is -1.93. The van der Waals surface area contributed by atoms with Gasteiger partial charge in [-0.05, 0) is 12.5 Å². The molecule has 0 unspecified atom stereocenters. The molecule has 1 N–H and O–H groups in total. The third-order valence-corrected chi connectivity index (χ3v) is 2.18.